The third kappa shape index (κ3) is 4.22. The molecule has 0 aromatic heterocycles. The number of carboxylic acid groups (broad SMARTS) is 1. The smallest absolute Gasteiger partial charge is 0.320 e. The van der Waals surface area contributed by atoms with E-state index in [4.69, 9.17) is 15.6 Å². The Balaban J connectivity index is 2.23. The lowest BCUT2D eigenvalue weighted by molar-refractivity contribution is -0.138. The number of benzene rings is 2. The van der Waals surface area contributed by atoms with E-state index in [-0.39, 0.29) is 12.2 Å². The number of hydrogen-bond donors (Lipinski definition) is 3. The van der Waals surface area contributed by atoms with Gasteiger partial charge in [-0.2, -0.15) is 0 Å². The van der Waals surface area contributed by atoms with Crippen LogP contribution in [0.4, 0.5) is 0 Å². The van der Waals surface area contributed by atoms with Crippen molar-refractivity contribution in [2.45, 2.75) is 12.5 Å². The van der Waals surface area contributed by atoms with Crippen molar-refractivity contribution in [3.05, 3.63) is 50.9 Å². The number of carbonyl (C=O) groups is 1. The van der Waals surface area contributed by atoms with E-state index in [2.05, 4.69) is 31.9 Å². The minimum atomic E-state index is -1.04. The van der Waals surface area contributed by atoms with Crippen molar-refractivity contribution in [2.75, 3.05) is 0 Å². The van der Waals surface area contributed by atoms with Crippen molar-refractivity contribution in [2.24, 2.45) is 5.73 Å². The second-order valence-corrected chi connectivity index (χ2v) is 6.34. The second kappa shape index (κ2) is 7.13. The highest BCUT2D eigenvalue weighted by atomic mass is 79.9. The van der Waals surface area contributed by atoms with Crippen LogP contribution in [0.25, 0.3) is 0 Å². The Bertz CT molecular complexity index is 665. The van der Waals surface area contributed by atoms with Gasteiger partial charge in [0.1, 0.15) is 17.5 Å². The molecular formula is C15H13Br2NO4. The molecule has 0 aliphatic carbocycles. The molecule has 1 atom stereocenters. The Hall–Kier alpha value is -1.57. The second-order valence-electron chi connectivity index (χ2n) is 4.63. The summed E-state index contributed by atoms with van der Waals surface area (Å²) in [5.74, 6) is 0.229. The van der Waals surface area contributed by atoms with E-state index in [0.717, 1.165) is 5.56 Å². The Morgan fingerprint density at radius 1 is 1.18 bits per heavy atom. The van der Waals surface area contributed by atoms with Crippen LogP contribution in [-0.4, -0.2) is 22.2 Å². The van der Waals surface area contributed by atoms with Gasteiger partial charge in [-0.15, -0.1) is 0 Å². The molecule has 7 heteroatoms. The van der Waals surface area contributed by atoms with Gasteiger partial charge in [-0.05, 0) is 80.2 Å². The van der Waals surface area contributed by atoms with Crippen LogP contribution in [0.2, 0.25) is 0 Å². The van der Waals surface area contributed by atoms with Crippen LogP contribution in [0.15, 0.2) is 45.3 Å². The zero-order valence-corrected chi connectivity index (χ0v) is 14.5. The van der Waals surface area contributed by atoms with Crippen LogP contribution in [0.5, 0.6) is 17.2 Å². The minimum absolute atomic E-state index is 0.156. The molecule has 0 amide bonds. The van der Waals surface area contributed by atoms with Crippen LogP contribution in [0.3, 0.4) is 0 Å². The molecule has 22 heavy (non-hydrogen) atoms. The number of carboxylic acids is 1. The molecule has 0 unspecified atom stereocenters. The first kappa shape index (κ1) is 16.8. The van der Waals surface area contributed by atoms with Crippen molar-refractivity contribution in [3.8, 4) is 17.2 Å². The molecule has 0 aliphatic rings. The van der Waals surface area contributed by atoms with E-state index in [9.17, 15) is 9.90 Å². The zero-order chi connectivity index (χ0) is 16.3. The Kier molecular flexibility index (Phi) is 5.44. The van der Waals surface area contributed by atoms with Gasteiger partial charge in [0.05, 0.1) is 8.95 Å². The summed E-state index contributed by atoms with van der Waals surface area (Å²) in [7, 11) is 0. The quantitative estimate of drug-likeness (QED) is 0.672. The van der Waals surface area contributed by atoms with Crippen molar-refractivity contribution in [1.29, 1.82) is 0 Å². The number of aliphatic carboxylic acids is 1. The lowest BCUT2D eigenvalue weighted by Gasteiger charge is -2.13. The number of aromatic hydroxyl groups is 1. The van der Waals surface area contributed by atoms with Crippen LogP contribution in [0, 0.1) is 0 Å². The molecule has 2 aromatic rings. The van der Waals surface area contributed by atoms with Crippen molar-refractivity contribution < 1.29 is 19.7 Å². The number of halogens is 2. The monoisotopic (exact) mass is 429 g/mol. The zero-order valence-electron chi connectivity index (χ0n) is 11.3. The molecule has 2 rings (SSSR count). The van der Waals surface area contributed by atoms with Gasteiger partial charge in [-0.1, -0.05) is 0 Å². The highest BCUT2D eigenvalue weighted by Gasteiger charge is 2.15. The molecular weight excluding hydrogens is 418 g/mol. The van der Waals surface area contributed by atoms with E-state index < -0.39 is 12.0 Å². The third-order valence-corrected chi connectivity index (χ3v) is 4.07. The van der Waals surface area contributed by atoms with Gasteiger partial charge >= 0.3 is 5.97 Å². The topological polar surface area (TPSA) is 92.8 Å². The maximum Gasteiger partial charge on any atom is 0.320 e. The van der Waals surface area contributed by atoms with Gasteiger partial charge in [0.2, 0.25) is 0 Å². The Morgan fingerprint density at radius 3 is 2.23 bits per heavy atom. The Morgan fingerprint density at radius 2 is 1.73 bits per heavy atom. The molecule has 0 heterocycles. The fourth-order valence-electron chi connectivity index (χ4n) is 1.80. The molecule has 5 nitrogen and oxygen atoms in total. The molecule has 0 fully saturated rings. The van der Waals surface area contributed by atoms with Gasteiger partial charge in [-0.25, -0.2) is 0 Å². The molecule has 0 radical (unpaired) electrons. The lowest BCUT2D eigenvalue weighted by Crippen LogP contribution is -2.32. The highest BCUT2D eigenvalue weighted by molar-refractivity contribution is 9.11. The minimum Gasteiger partial charge on any atom is -0.508 e. The number of ether oxygens (including phenoxy) is 1. The van der Waals surface area contributed by atoms with Crippen molar-refractivity contribution >= 4 is 37.8 Å². The van der Waals surface area contributed by atoms with Crippen molar-refractivity contribution in [3.63, 3.8) is 0 Å². The predicted octanol–water partition coefficient (Wildman–Crippen LogP) is 3.66. The van der Waals surface area contributed by atoms with Gasteiger partial charge in [0.15, 0.2) is 5.75 Å². The van der Waals surface area contributed by atoms with Gasteiger partial charge in [-0.3, -0.25) is 4.79 Å². The van der Waals surface area contributed by atoms with E-state index >= 15 is 0 Å². The summed E-state index contributed by atoms with van der Waals surface area (Å²) in [6.07, 6.45) is 0.214. The number of hydrogen-bond acceptors (Lipinski definition) is 4. The fraction of sp³-hybridized carbons (Fsp3) is 0.133. The first-order valence-corrected chi connectivity index (χ1v) is 7.88. The molecule has 0 aliphatic heterocycles. The van der Waals surface area contributed by atoms with E-state index in [1.54, 1.807) is 24.3 Å². The molecule has 0 spiro atoms. The van der Waals surface area contributed by atoms with E-state index in [0.29, 0.717) is 20.4 Å². The summed E-state index contributed by atoms with van der Waals surface area (Å²) >= 11 is 6.81. The SMILES string of the molecule is N[C@@H](Cc1cc(Br)c(Oc2ccc(O)cc2)c(Br)c1)C(=O)O. The third-order valence-electron chi connectivity index (χ3n) is 2.89. The van der Waals surface area contributed by atoms with Gasteiger partial charge in [0, 0.05) is 0 Å². The predicted molar refractivity (Wildman–Crippen MR) is 89.3 cm³/mol. The molecule has 0 saturated heterocycles. The van der Waals surface area contributed by atoms with Crippen LogP contribution in [-0.2, 0) is 11.2 Å². The standard InChI is InChI=1S/C15H13Br2NO4/c16-11-5-8(7-13(18)15(20)21)6-12(17)14(11)22-10-3-1-9(19)2-4-10/h1-6,13,19H,7,18H2,(H,20,21)/t13-/m0/s1. The van der Waals surface area contributed by atoms with Gasteiger partial charge in [0.25, 0.3) is 0 Å². The largest absolute Gasteiger partial charge is 0.508 e. The summed E-state index contributed by atoms with van der Waals surface area (Å²) in [6.45, 7) is 0. The molecule has 4 N–H and O–H groups in total. The van der Waals surface area contributed by atoms with Crippen LogP contribution in [0.1, 0.15) is 5.56 Å². The van der Waals surface area contributed by atoms with Gasteiger partial charge < -0.3 is 20.7 Å². The summed E-state index contributed by atoms with van der Waals surface area (Å²) in [4.78, 5) is 10.8. The summed E-state index contributed by atoms with van der Waals surface area (Å²) < 4.78 is 7.09. The first-order chi connectivity index (χ1) is 10.4. The molecule has 0 saturated carbocycles. The number of rotatable bonds is 5. The maximum absolute atomic E-state index is 10.8. The summed E-state index contributed by atoms with van der Waals surface area (Å²) in [5.41, 5.74) is 6.31. The van der Waals surface area contributed by atoms with Crippen LogP contribution >= 0.6 is 31.9 Å². The summed E-state index contributed by atoms with van der Waals surface area (Å²) in [5, 5.41) is 18.1. The average Bonchev–Trinajstić information content (AvgIpc) is 2.44. The molecule has 116 valence electrons. The summed E-state index contributed by atoms with van der Waals surface area (Å²) in [6, 6.07) is 8.91. The van der Waals surface area contributed by atoms with Crippen molar-refractivity contribution in [1.82, 2.24) is 0 Å². The number of nitrogens with two attached hydrogens (primary N) is 1. The normalized spacial score (nSPS) is 12.0. The van der Waals surface area contributed by atoms with E-state index in [1.165, 1.54) is 12.1 Å². The Labute approximate surface area is 144 Å². The van der Waals surface area contributed by atoms with E-state index in [1.807, 2.05) is 0 Å². The molecule has 0 bridgehead atoms. The highest BCUT2D eigenvalue weighted by Crippen LogP contribution is 2.38. The maximum atomic E-state index is 10.8. The molecule has 2 aromatic carbocycles. The fourth-order valence-corrected chi connectivity index (χ4v) is 3.24. The average molecular weight is 431 g/mol. The lowest BCUT2D eigenvalue weighted by atomic mass is 10.1. The first-order valence-electron chi connectivity index (χ1n) is 6.30. The number of phenolic OH excluding ortho intramolecular Hbond substituents is 1. The number of phenols is 1. The van der Waals surface area contributed by atoms with Crippen LogP contribution < -0.4 is 10.5 Å².